The maximum atomic E-state index is 11.0. The zero-order valence-corrected chi connectivity index (χ0v) is 9.26. The Morgan fingerprint density at radius 1 is 1.47 bits per heavy atom. The molecule has 1 fully saturated rings. The van der Waals surface area contributed by atoms with E-state index in [0.29, 0.717) is 5.92 Å². The minimum absolute atomic E-state index is 0.0768. The molecule has 5 heteroatoms. The monoisotopic (exact) mass is 210 g/mol. The van der Waals surface area contributed by atoms with Crippen LogP contribution in [0.1, 0.15) is 32.5 Å². The lowest BCUT2D eigenvalue weighted by atomic mass is 9.74. The van der Waals surface area contributed by atoms with E-state index in [4.69, 9.17) is 0 Å². The van der Waals surface area contributed by atoms with Crippen molar-refractivity contribution in [2.75, 3.05) is 13.1 Å². The number of piperidine rings is 1. The van der Waals surface area contributed by atoms with Gasteiger partial charge in [-0.25, -0.2) is 9.89 Å². The largest absolute Gasteiger partial charge is 0.340 e. The van der Waals surface area contributed by atoms with E-state index in [2.05, 4.69) is 34.3 Å². The van der Waals surface area contributed by atoms with Crippen LogP contribution in [0.5, 0.6) is 0 Å². The molecular formula is C10H18N4O. The molecule has 1 aliphatic rings. The molecule has 0 radical (unpaired) electrons. The first-order chi connectivity index (χ1) is 7.10. The molecule has 2 rings (SSSR count). The first-order valence-electron chi connectivity index (χ1n) is 5.46. The van der Waals surface area contributed by atoms with Crippen LogP contribution in [0.2, 0.25) is 0 Å². The Morgan fingerprint density at radius 3 is 2.80 bits per heavy atom. The number of aromatic amines is 2. The van der Waals surface area contributed by atoms with Crippen LogP contribution in [-0.2, 0) is 5.41 Å². The molecule has 0 amide bonds. The lowest BCUT2D eigenvalue weighted by Gasteiger charge is -2.35. The van der Waals surface area contributed by atoms with Gasteiger partial charge in [-0.05, 0) is 31.8 Å². The standard InChI is InChI=1S/C10H18N4O/c1-10(2,7-4-3-5-11-6-7)8-12-9(15)14-13-8/h7,11H,3-6H2,1-2H3,(H2,12,13,14,15). The number of nitrogens with one attached hydrogen (secondary N) is 3. The molecule has 5 nitrogen and oxygen atoms in total. The second-order valence-electron chi connectivity index (χ2n) is 4.79. The zero-order valence-electron chi connectivity index (χ0n) is 9.26. The third kappa shape index (κ3) is 1.97. The fraction of sp³-hybridized carbons (Fsp3) is 0.800. The number of nitrogens with zero attached hydrogens (tertiary/aromatic N) is 1. The summed E-state index contributed by atoms with van der Waals surface area (Å²) in [5.41, 5.74) is -0.297. The highest BCUT2D eigenvalue weighted by Crippen LogP contribution is 2.32. The Labute approximate surface area is 88.7 Å². The van der Waals surface area contributed by atoms with Crippen molar-refractivity contribution in [3.05, 3.63) is 16.3 Å². The van der Waals surface area contributed by atoms with Crippen molar-refractivity contribution in [1.29, 1.82) is 0 Å². The SMILES string of the molecule is CC(C)(c1n[nH]c(=O)[nH]1)C1CCCNC1. The van der Waals surface area contributed by atoms with Crippen LogP contribution in [-0.4, -0.2) is 28.3 Å². The van der Waals surface area contributed by atoms with Crippen molar-refractivity contribution in [2.24, 2.45) is 5.92 Å². The summed E-state index contributed by atoms with van der Waals surface area (Å²) in [6.45, 7) is 6.37. The van der Waals surface area contributed by atoms with Gasteiger partial charge in [0.05, 0.1) is 0 Å². The van der Waals surface area contributed by atoms with E-state index in [-0.39, 0.29) is 11.1 Å². The average molecular weight is 210 g/mol. The van der Waals surface area contributed by atoms with Gasteiger partial charge in [0.2, 0.25) is 0 Å². The van der Waals surface area contributed by atoms with Gasteiger partial charge in [-0.1, -0.05) is 13.8 Å². The predicted octanol–water partition coefficient (Wildman–Crippen LogP) is 0.375. The predicted molar refractivity (Wildman–Crippen MR) is 57.8 cm³/mol. The van der Waals surface area contributed by atoms with E-state index >= 15 is 0 Å². The van der Waals surface area contributed by atoms with Crippen molar-refractivity contribution in [1.82, 2.24) is 20.5 Å². The average Bonchev–Trinajstić information content (AvgIpc) is 2.67. The summed E-state index contributed by atoms with van der Waals surface area (Å²) in [6.07, 6.45) is 2.39. The van der Waals surface area contributed by atoms with Crippen LogP contribution in [0.25, 0.3) is 0 Å². The van der Waals surface area contributed by atoms with Gasteiger partial charge in [0.15, 0.2) is 0 Å². The Morgan fingerprint density at radius 2 is 2.27 bits per heavy atom. The van der Waals surface area contributed by atoms with Crippen LogP contribution < -0.4 is 11.0 Å². The molecule has 1 aromatic rings. The number of H-pyrrole nitrogens is 2. The maximum Gasteiger partial charge on any atom is 0.340 e. The smallest absolute Gasteiger partial charge is 0.316 e. The molecular weight excluding hydrogens is 192 g/mol. The van der Waals surface area contributed by atoms with Crippen LogP contribution in [0, 0.1) is 5.92 Å². The Hall–Kier alpha value is -1.10. The normalized spacial score (nSPS) is 22.9. The fourth-order valence-electron chi connectivity index (χ4n) is 2.24. The topological polar surface area (TPSA) is 73.6 Å². The molecule has 2 heterocycles. The lowest BCUT2D eigenvalue weighted by Crippen LogP contribution is -2.41. The minimum atomic E-state index is -0.221. The Bertz CT molecular complexity index is 373. The Balaban J connectivity index is 2.20. The third-order valence-electron chi connectivity index (χ3n) is 3.43. The van der Waals surface area contributed by atoms with Crippen LogP contribution >= 0.6 is 0 Å². The van der Waals surface area contributed by atoms with Crippen molar-refractivity contribution < 1.29 is 0 Å². The van der Waals surface area contributed by atoms with Gasteiger partial charge < -0.3 is 5.32 Å². The summed E-state index contributed by atoms with van der Waals surface area (Å²) in [4.78, 5) is 13.8. The highest BCUT2D eigenvalue weighted by Gasteiger charge is 2.34. The van der Waals surface area contributed by atoms with Gasteiger partial charge in [0.1, 0.15) is 5.82 Å². The minimum Gasteiger partial charge on any atom is -0.316 e. The molecule has 15 heavy (non-hydrogen) atoms. The highest BCUT2D eigenvalue weighted by atomic mass is 16.1. The highest BCUT2D eigenvalue weighted by molar-refractivity contribution is 5.05. The van der Waals surface area contributed by atoms with E-state index in [1.165, 1.54) is 12.8 Å². The summed E-state index contributed by atoms with van der Waals surface area (Å²) in [6, 6.07) is 0. The van der Waals surface area contributed by atoms with Gasteiger partial charge in [0.25, 0.3) is 0 Å². The van der Waals surface area contributed by atoms with E-state index in [0.717, 1.165) is 18.9 Å². The maximum absolute atomic E-state index is 11.0. The van der Waals surface area contributed by atoms with E-state index in [1.54, 1.807) is 0 Å². The number of rotatable bonds is 2. The second kappa shape index (κ2) is 3.81. The van der Waals surface area contributed by atoms with Gasteiger partial charge in [-0.3, -0.25) is 4.98 Å². The van der Waals surface area contributed by atoms with Crippen LogP contribution in [0.15, 0.2) is 4.79 Å². The van der Waals surface area contributed by atoms with E-state index < -0.39 is 0 Å². The molecule has 1 atom stereocenters. The quantitative estimate of drug-likeness (QED) is 0.660. The molecule has 84 valence electrons. The molecule has 1 saturated heterocycles. The Kier molecular flexibility index (Phi) is 2.65. The van der Waals surface area contributed by atoms with Gasteiger partial charge in [-0.2, -0.15) is 5.10 Å². The second-order valence-corrected chi connectivity index (χ2v) is 4.79. The fourth-order valence-corrected chi connectivity index (χ4v) is 2.24. The molecule has 1 unspecified atom stereocenters. The molecule has 0 aromatic carbocycles. The molecule has 1 aromatic heterocycles. The molecule has 0 saturated carbocycles. The summed E-state index contributed by atoms with van der Waals surface area (Å²) in [5, 5.41) is 9.86. The van der Waals surface area contributed by atoms with Crippen molar-refractivity contribution >= 4 is 0 Å². The molecule has 0 spiro atoms. The van der Waals surface area contributed by atoms with Crippen molar-refractivity contribution in [3.63, 3.8) is 0 Å². The van der Waals surface area contributed by atoms with Gasteiger partial charge in [-0.15, -0.1) is 0 Å². The zero-order chi connectivity index (χ0) is 10.9. The molecule has 0 aliphatic carbocycles. The van der Waals surface area contributed by atoms with Gasteiger partial charge >= 0.3 is 5.69 Å². The summed E-state index contributed by atoms with van der Waals surface area (Å²) in [5.74, 6) is 1.30. The van der Waals surface area contributed by atoms with Crippen molar-refractivity contribution in [2.45, 2.75) is 32.1 Å². The van der Waals surface area contributed by atoms with Gasteiger partial charge in [0, 0.05) is 5.41 Å². The van der Waals surface area contributed by atoms with Crippen LogP contribution in [0.3, 0.4) is 0 Å². The number of hydrogen-bond donors (Lipinski definition) is 3. The first kappa shape index (κ1) is 10.4. The number of aromatic nitrogens is 3. The number of hydrogen-bond acceptors (Lipinski definition) is 3. The third-order valence-corrected chi connectivity index (χ3v) is 3.43. The van der Waals surface area contributed by atoms with Crippen molar-refractivity contribution in [3.8, 4) is 0 Å². The first-order valence-corrected chi connectivity index (χ1v) is 5.46. The van der Waals surface area contributed by atoms with Crippen LogP contribution in [0.4, 0.5) is 0 Å². The molecule has 0 bridgehead atoms. The summed E-state index contributed by atoms with van der Waals surface area (Å²) >= 11 is 0. The molecule has 3 N–H and O–H groups in total. The lowest BCUT2D eigenvalue weighted by molar-refractivity contribution is 0.242. The van der Waals surface area contributed by atoms with E-state index in [9.17, 15) is 4.79 Å². The summed E-state index contributed by atoms with van der Waals surface area (Å²) in [7, 11) is 0. The summed E-state index contributed by atoms with van der Waals surface area (Å²) < 4.78 is 0. The molecule has 1 aliphatic heterocycles. The van der Waals surface area contributed by atoms with E-state index in [1.807, 2.05) is 0 Å².